The first-order valence-electron chi connectivity index (χ1n) is 4.76. The topological polar surface area (TPSA) is 66.2 Å². The number of hydrogen-bond donors (Lipinski definition) is 2. The van der Waals surface area contributed by atoms with E-state index in [-0.39, 0.29) is 17.4 Å². The Morgan fingerprint density at radius 3 is 2.40 bits per heavy atom. The summed E-state index contributed by atoms with van der Waals surface area (Å²) in [5, 5.41) is 19.5. The number of phenols is 2. The molecule has 2 aromatic rings. The lowest BCUT2D eigenvalue weighted by atomic mass is 10.0. The maximum atomic E-state index is 9.42. The van der Waals surface area contributed by atoms with Gasteiger partial charge in [-0.15, -0.1) is 0 Å². The van der Waals surface area contributed by atoms with Gasteiger partial charge in [-0.05, 0) is 12.0 Å². The summed E-state index contributed by atoms with van der Waals surface area (Å²) in [6.07, 6.45) is 1.47. The molecule has 2 rings (SSSR count). The van der Waals surface area contributed by atoms with Crippen molar-refractivity contribution < 1.29 is 10.2 Å². The van der Waals surface area contributed by atoms with Crippen molar-refractivity contribution >= 4 is 10.9 Å². The second-order valence-electron chi connectivity index (χ2n) is 3.77. The first kappa shape index (κ1) is 9.71. The summed E-state index contributed by atoms with van der Waals surface area (Å²) in [5.41, 5.74) is 1.51. The molecule has 1 aromatic carbocycles. The smallest absolute Gasteiger partial charge is 0.159 e. The number of hydrogen-bond acceptors (Lipinski definition) is 4. The van der Waals surface area contributed by atoms with Crippen molar-refractivity contribution in [3.8, 4) is 11.5 Å². The van der Waals surface area contributed by atoms with Crippen molar-refractivity contribution in [2.45, 2.75) is 19.8 Å². The predicted molar refractivity (Wildman–Crippen MR) is 57.0 cm³/mol. The third-order valence-corrected chi connectivity index (χ3v) is 2.31. The number of aromatic nitrogens is 2. The van der Waals surface area contributed by atoms with Crippen LogP contribution in [0.5, 0.6) is 11.5 Å². The van der Waals surface area contributed by atoms with E-state index in [4.69, 9.17) is 0 Å². The molecule has 0 radical (unpaired) electrons. The Morgan fingerprint density at radius 2 is 1.73 bits per heavy atom. The Kier molecular flexibility index (Phi) is 2.19. The highest BCUT2D eigenvalue weighted by molar-refractivity contribution is 5.84. The van der Waals surface area contributed by atoms with Gasteiger partial charge in [0.2, 0.25) is 0 Å². The molecule has 0 aliphatic carbocycles. The molecule has 0 bridgehead atoms. The minimum atomic E-state index is -0.157. The first-order chi connectivity index (χ1) is 7.09. The van der Waals surface area contributed by atoms with E-state index < -0.39 is 0 Å². The Labute approximate surface area is 87.2 Å². The molecule has 0 fully saturated rings. The lowest BCUT2D eigenvalue weighted by Crippen LogP contribution is -1.95. The molecule has 2 N–H and O–H groups in total. The first-order valence-corrected chi connectivity index (χ1v) is 4.76. The van der Waals surface area contributed by atoms with E-state index in [1.165, 1.54) is 18.5 Å². The minimum absolute atomic E-state index is 0.140. The predicted octanol–water partition coefficient (Wildman–Crippen LogP) is 2.16. The standard InChI is InChI=1S/C11H12N2O2/c1-6(2)11-7-3-9(14)10(15)4-8(7)12-5-13-11/h3-6,14-15H,1-2H3. The van der Waals surface area contributed by atoms with E-state index in [1.54, 1.807) is 0 Å². The summed E-state index contributed by atoms with van der Waals surface area (Å²) in [5.74, 6) is -0.0467. The monoisotopic (exact) mass is 204 g/mol. The SMILES string of the molecule is CC(C)c1ncnc2cc(O)c(O)cc12. The molecule has 1 heterocycles. The van der Waals surface area contributed by atoms with Gasteiger partial charge in [-0.25, -0.2) is 9.97 Å². The van der Waals surface area contributed by atoms with Gasteiger partial charge in [0.05, 0.1) is 11.2 Å². The largest absolute Gasteiger partial charge is 0.504 e. The average molecular weight is 204 g/mol. The van der Waals surface area contributed by atoms with Crippen LogP contribution in [0.3, 0.4) is 0 Å². The van der Waals surface area contributed by atoms with Crippen LogP contribution >= 0.6 is 0 Å². The van der Waals surface area contributed by atoms with Gasteiger partial charge in [-0.2, -0.15) is 0 Å². The number of phenolic OH excluding ortho intramolecular Hbond substituents is 2. The fraction of sp³-hybridized carbons (Fsp3) is 0.273. The highest BCUT2D eigenvalue weighted by Gasteiger charge is 2.10. The third kappa shape index (κ3) is 1.58. The molecule has 0 saturated carbocycles. The van der Waals surface area contributed by atoms with Crippen molar-refractivity contribution in [1.29, 1.82) is 0 Å². The average Bonchev–Trinajstić information content (AvgIpc) is 2.18. The molecule has 0 atom stereocenters. The van der Waals surface area contributed by atoms with Crippen LogP contribution in [0.15, 0.2) is 18.5 Å². The summed E-state index contributed by atoms with van der Waals surface area (Å²) in [6.45, 7) is 4.04. The van der Waals surface area contributed by atoms with Crippen LogP contribution in [0.25, 0.3) is 10.9 Å². The number of fused-ring (bicyclic) bond motifs is 1. The van der Waals surface area contributed by atoms with Gasteiger partial charge in [-0.3, -0.25) is 0 Å². The summed E-state index contributed by atoms with van der Waals surface area (Å²) in [4.78, 5) is 8.22. The summed E-state index contributed by atoms with van der Waals surface area (Å²) in [6, 6.07) is 2.94. The zero-order chi connectivity index (χ0) is 11.0. The Bertz CT molecular complexity index is 509. The Morgan fingerprint density at radius 1 is 1.07 bits per heavy atom. The zero-order valence-corrected chi connectivity index (χ0v) is 8.60. The summed E-state index contributed by atoms with van der Waals surface area (Å²) < 4.78 is 0. The van der Waals surface area contributed by atoms with Gasteiger partial charge in [0.1, 0.15) is 6.33 Å². The molecule has 0 saturated heterocycles. The molecule has 1 aromatic heterocycles. The van der Waals surface area contributed by atoms with Crippen LogP contribution in [0.2, 0.25) is 0 Å². The molecule has 4 heteroatoms. The Balaban J connectivity index is 2.80. The summed E-state index contributed by atoms with van der Waals surface area (Å²) >= 11 is 0. The van der Waals surface area contributed by atoms with Gasteiger partial charge in [0.15, 0.2) is 11.5 Å². The lowest BCUT2D eigenvalue weighted by Gasteiger charge is -2.08. The second-order valence-corrected chi connectivity index (χ2v) is 3.77. The normalized spacial score (nSPS) is 11.1. The molecule has 78 valence electrons. The van der Waals surface area contributed by atoms with E-state index in [9.17, 15) is 10.2 Å². The van der Waals surface area contributed by atoms with E-state index in [0.29, 0.717) is 5.52 Å². The molecular formula is C11H12N2O2. The maximum absolute atomic E-state index is 9.42. The zero-order valence-electron chi connectivity index (χ0n) is 8.60. The van der Waals surface area contributed by atoms with Crippen LogP contribution in [-0.2, 0) is 0 Å². The lowest BCUT2D eigenvalue weighted by molar-refractivity contribution is 0.404. The number of benzene rings is 1. The minimum Gasteiger partial charge on any atom is -0.504 e. The van der Waals surface area contributed by atoms with Crippen molar-refractivity contribution in [3.63, 3.8) is 0 Å². The molecule has 0 aliphatic heterocycles. The van der Waals surface area contributed by atoms with Crippen molar-refractivity contribution in [3.05, 3.63) is 24.2 Å². The molecule has 4 nitrogen and oxygen atoms in total. The second kappa shape index (κ2) is 3.38. The van der Waals surface area contributed by atoms with Crippen LogP contribution < -0.4 is 0 Å². The van der Waals surface area contributed by atoms with Crippen molar-refractivity contribution in [2.75, 3.05) is 0 Å². The third-order valence-electron chi connectivity index (χ3n) is 2.31. The molecule has 15 heavy (non-hydrogen) atoms. The quantitative estimate of drug-likeness (QED) is 0.698. The van der Waals surface area contributed by atoms with E-state index in [1.807, 2.05) is 13.8 Å². The van der Waals surface area contributed by atoms with Gasteiger partial charge >= 0.3 is 0 Å². The van der Waals surface area contributed by atoms with Crippen LogP contribution in [0.4, 0.5) is 0 Å². The van der Waals surface area contributed by atoms with E-state index in [0.717, 1.165) is 11.1 Å². The number of nitrogens with zero attached hydrogens (tertiary/aromatic N) is 2. The summed E-state index contributed by atoms with van der Waals surface area (Å²) in [7, 11) is 0. The fourth-order valence-corrected chi connectivity index (χ4v) is 1.56. The molecule has 0 spiro atoms. The van der Waals surface area contributed by atoms with Crippen LogP contribution in [0.1, 0.15) is 25.5 Å². The van der Waals surface area contributed by atoms with Crippen LogP contribution in [0, 0.1) is 0 Å². The van der Waals surface area contributed by atoms with E-state index >= 15 is 0 Å². The maximum Gasteiger partial charge on any atom is 0.159 e. The number of aromatic hydroxyl groups is 2. The van der Waals surface area contributed by atoms with Crippen molar-refractivity contribution in [2.24, 2.45) is 0 Å². The van der Waals surface area contributed by atoms with Gasteiger partial charge < -0.3 is 10.2 Å². The number of rotatable bonds is 1. The molecular weight excluding hydrogens is 192 g/mol. The van der Waals surface area contributed by atoms with Crippen molar-refractivity contribution in [1.82, 2.24) is 9.97 Å². The molecule has 0 amide bonds. The fourth-order valence-electron chi connectivity index (χ4n) is 1.56. The molecule has 0 aliphatic rings. The Hall–Kier alpha value is -1.84. The van der Waals surface area contributed by atoms with E-state index in [2.05, 4.69) is 9.97 Å². The van der Waals surface area contributed by atoms with Gasteiger partial charge in [0.25, 0.3) is 0 Å². The molecule has 0 unspecified atom stereocenters. The highest BCUT2D eigenvalue weighted by atomic mass is 16.3. The highest BCUT2D eigenvalue weighted by Crippen LogP contribution is 2.31. The van der Waals surface area contributed by atoms with Gasteiger partial charge in [0, 0.05) is 11.5 Å². The van der Waals surface area contributed by atoms with Crippen LogP contribution in [-0.4, -0.2) is 20.2 Å². The van der Waals surface area contributed by atoms with Gasteiger partial charge in [-0.1, -0.05) is 13.8 Å².